The summed E-state index contributed by atoms with van der Waals surface area (Å²) in [6.07, 6.45) is 2.15. The average Bonchev–Trinajstić information content (AvgIpc) is 2.15. The maximum atomic E-state index is 11.6. The van der Waals surface area contributed by atoms with Crippen LogP contribution in [0.3, 0.4) is 0 Å². The van der Waals surface area contributed by atoms with Crippen LogP contribution in [0.4, 0.5) is 0 Å². The third-order valence-corrected chi connectivity index (χ3v) is 3.42. The predicted molar refractivity (Wildman–Crippen MR) is 57.4 cm³/mol. The third kappa shape index (κ3) is 3.41. The van der Waals surface area contributed by atoms with Gasteiger partial charge < -0.3 is 4.55 Å². The Bertz CT molecular complexity index is 243. The fourth-order valence-electron chi connectivity index (χ4n) is 1.08. The molecule has 0 aliphatic heterocycles. The first-order valence-corrected chi connectivity index (χ1v) is 6.01. The van der Waals surface area contributed by atoms with Crippen LogP contribution in [-0.4, -0.2) is 10.3 Å². The van der Waals surface area contributed by atoms with E-state index in [1.54, 1.807) is 0 Å². The maximum absolute atomic E-state index is 11.6. The molecule has 1 aromatic rings. The van der Waals surface area contributed by atoms with Crippen molar-refractivity contribution < 1.29 is 4.55 Å². The summed E-state index contributed by atoms with van der Waals surface area (Å²) in [6, 6.07) is 7.95. The highest BCUT2D eigenvalue weighted by atomic mass is 32.2. The maximum Gasteiger partial charge on any atom is 0.152 e. The van der Waals surface area contributed by atoms with Crippen LogP contribution < -0.4 is 0 Å². The van der Waals surface area contributed by atoms with Crippen LogP contribution in [0, 0.1) is 6.92 Å². The summed E-state index contributed by atoms with van der Waals surface area (Å²) in [5, 5.41) is 0. The van der Waals surface area contributed by atoms with Gasteiger partial charge in [0.2, 0.25) is 0 Å². The first-order chi connectivity index (χ1) is 6.24. The number of unbranched alkanes of at least 4 members (excludes halogenated alkanes) is 1. The van der Waals surface area contributed by atoms with Crippen molar-refractivity contribution in [3.8, 4) is 0 Å². The molecule has 0 heterocycles. The molecule has 1 unspecified atom stereocenters. The molecule has 0 aliphatic rings. The number of hydrogen-bond acceptors (Lipinski definition) is 1. The molecule has 1 aromatic carbocycles. The highest BCUT2D eigenvalue weighted by Crippen LogP contribution is 2.13. The van der Waals surface area contributed by atoms with Crippen molar-refractivity contribution in [2.24, 2.45) is 0 Å². The molecule has 0 aliphatic carbocycles. The van der Waals surface area contributed by atoms with E-state index in [0.717, 1.165) is 23.5 Å². The van der Waals surface area contributed by atoms with Crippen molar-refractivity contribution in [3.05, 3.63) is 29.8 Å². The van der Waals surface area contributed by atoms with Crippen LogP contribution >= 0.6 is 0 Å². The molecule has 0 spiro atoms. The van der Waals surface area contributed by atoms with Crippen molar-refractivity contribution in [2.45, 2.75) is 31.6 Å². The molecule has 0 fully saturated rings. The van der Waals surface area contributed by atoms with E-state index in [1.165, 1.54) is 5.56 Å². The van der Waals surface area contributed by atoms with Gasteiger partial charge in [-0.15, -0.1) is 0 Å². The fraction of sp³-hybridized carbons (Fsp3) is 0.455. The zero-order valence-corrected chi connectivity index (χ0v) is 9.06. The van der Waals surface area contributed by atoms with E-state index in [4.69, 9.17) is 0 Å². The van der Waals surface area contributed by atoms with Crippen molar-refractivity contribution in [1.82, 2.24) is 0 Å². The minimum Gasteiger partial charge on any atom is -0.611 e. The van der Waals surface area contributed by atoms with Crippen molar-refractivity contribution >= 4 is 11.2 Å². The molecular formula is C11H16OS. The van der Waals surface area contributed by atoms with Gasteiger partial charge in [0.05, 0.1) is 0 Å². The minimum absolute atomic E-state index is 0.791. The largest absolute Gasteiger partial charge is 0.611 e. The highest BCUT2D eigenvalue weighted by Gasteiger charge is 2.08. The molecule has 1 atom stereocenters. The van der Waals surface area contributed by atoms with E-state index in [1.807, 2.05) is 31.2 Å². The van der Waals surface area contributed by atoms with Gasteiger partial charge in [-0.1, -0.05) is 31.0 Å². The lowest BCUT2D eigenvalue weighted by atomic mass is 10.2. The van der Waals surface area contributed by atoms with Gasteiger partial charge in [-0.05, 0) is 36.7 Å². The molecule has 0 saturated heterocycles. The quantitative estimate of drug-likeness (QED) is 0.679. The predicted octanol–water partition coefficient (Wildman–Crippen LogP) is 2.90. The van der Waals surface area contributed by atoms with E-state index < -0.39 is 11.2 Å². The standard InChI is InChI=1S/C11H16OS/c1-3-4-9-13(12)11-7-5-10(2)6-8-11/h5-8H,3-4,9H2,1-2H3. The summed E-state index contributed by atoms with van der Waals surface area (Å²) in [5.74, 6) is 0.791. The van der Waals surface area contributed by atoms with Crippen LogP contribution in [0.25, 0.3) is 0 Å². The van der Waals surface area contributed by atoms with Gasteiger partial charge >= 0.3 is 0 Å². The summed E-state index contributed by atoms with van der Waals surface area (Å²) in [6.45, 7) is 4.16. The summed E-state index contributed by atoms with van der Waals surface area (Å²) in [7, 11) is 0. The molecule has 2 heteroatoms. The van der Waals surface area contributed by atoms with Crippen LogP contribution in [0.15, 0.2) is 29.2 Å². The second-order valence-corrected chi connectivity index (χ2v) is 4.79. The molecular weight excluding hydrogens is 180 g/mol. The van der Waals surface area contributed by atoms with E-state index in [0.29, 0.717) is 0 Å². The number of benzene rings is 1. The Kier molecular flexibility index (Phi) is 4.33. The molecule has 1 rings (SSSR count). The van der Waals surface area contributed by atoms with Gasteiger partial charge in [0, 0.05) is 0 Å². The van der Waals surface area contributed by atoms with Gasteiger partial charge in [-0.2, -0.15) is 0 Å². The zero-order chi connectivity index (χ0) is 9.68. The zero-order valence-electron chi connectivity index (χ0n) is 8.25. The number of hydrogen-bond donors (Lipinski definition) is 0. The van der Waals surface area contributed by atoms with Crippen LogP contribution in [0.1, 0.15) is 25.3 Å². The first kappa shape index (κ1) is 10.6. The molecule has 1 nitrogen and oxygen atoms in total. The van der Waals surface area contributed by atoms with Gasteiger partial charge in [0.25, 0.3) is 0 Å². The fourth-order valence-corrected chi connectivity index (χ4v) is 2.31. The van der Waals surface area contributed by atoms with E-state index in [2.05, 4.69) is 6.92 Å². The summed E-state index contributed by atoms with van der Waals surface area (Å²) < 4.78 is 11.6. The first-order valence-electron chi connectivity index (χ1n) is 4.69. The molecule has 0 aromatic heterocycles. The lowest BCUT2D eigenvalue weighted by molar-refractivity contribution is 0.591. The molecule has 0 amide bonds. The lowest BCUT2D eigenvalue weighted by Crippen LogP contribution is -2.06. The monoisotopic (exact) mass is 196 g/mol. The van der Waals surface area contributed by atoms with Crippen molar-refractivity contribution in [3.63, 3.8) is 0 Å². The minimum atomic E-state index is -0.792. The molecule has 0 radical (unpaired) electrons. The highest BCUT2D eigenvalue weighted by molar-refractivity contribution is 7.91. The second-order valence-electron chi connectivity index (χ2n) is 3.22. The Hall–Kier alpha value is -0.470. The van der Waals surface area contributed by atoms with Crippen molar-refractivity contribution in [1.29, 1.82) is 0 Å². The van der Waals surface area contributed by atoms with Gasteiger partial charge in [0.15, 0.2) is 4.90 Å². The lowest BCUT2D eigenvalue weighted by Gasteiger charge is -2.09. The Labute approximate surface area is 83.4 Å². The molecule has 13 heavy (non-hydrogen) atoms. The normalized spacial score (nSPS) is 12.8. The Morgan fingerprint density at radius 2 is 1.85 bits per heavy atom. The van der Waals surface area contributed by atoms with Gasteiger partial charge in [-0.25, -0.2) is 0 Å². The Morgan fingerprint density at radius 3 is 2.38 bits per heavy atom. The molecule has 0 bridgehead atoms. The summed E-state index contributed by atoms with van der Waals surface area (Å²) >= 11 is -0.792. The Balaban J connectivity index is 2.55. The van der Waals surface area contributed by atoms with E-state index in [-0.39, 0.29) is 0 Å². The average molecular weight is 196 g/mol. The number of rotatable bonds is 4. The SMILES string of the molecule is CCCC[S+]([O-])c1ccc(C)cc1. The molecule has 0 N–H and O–H groups in total. The topological polar surface area (TPSA) is 23.1 Å². The van der Waals surface area contributed by atoms with Crippen molar-refractivity contribution in [2.75, 3.05) is 5.75 Å². The van der Waals surface area contributed by atoms with Crippen LogP contribution in [-0.2, 0) is 11.2 Å². The van der Waals surface area contributed by atoms with E-state index >= 15 is 0 Å². The third-order valence-electron chi connectivity index (χ3n) is 1.97. The van der Waals surface area contributed by atoms with Crippen LogP contribution in [0.5, 0.6) is 0 Å². The molecule has 0 saturated carbocycles. The van der Waals surface area contributed by atoms with E-state index in [9.17, 15) is 4.55 Å². The summed E-state index contributed by atoms with van der Waals surface area (Å²) in [4.78, 5) is 0.957. The number of aryl methyl sites for hydroxylation is 1. The summed E-state index contributed by atoms with van der Waals surface area (Å²) in [5.41, 5.74) is 1.22. The smallest absolute Gasteiger partial charge is 0.152 e. The van der Waals surface area contributed by atoms with Crippen LogP contribution in [0.2, 0.25) is 0 Å². The second kappa shape index (κ2) is 5.30. The van der Waals surface area contributed by atoms with Gasteiger partial charge in [-0.3, -0.25) is 0 Å². The molecule has 72 valence electrons. The Morgan fingerprint density at radius 1 is 1.23 bits per heavy atom. The van der Waals surface area contributed by atoms with Gasteiger partial charge in [0.1, 0.15) is 5.75 Å².